The molecule has 2 nitrogen and oxygen atoms in total. The Balaban J connectivity index is 2.34. The van der Waals surface area contributed by atoms with E-state index in [1.165, 1.54) is 0 Å². The van der Waals surface area contributed by atoms with E-state index in [0.29, 0.717) is 0 Å². The number of nitrogens with zero attached hydrogens (tertiary/aromatic N) is 2. The first-order chi connectivity index (χ1) is 2.91. The van der Waals surface area contributed by atoms with E-state index in [-0.39, 0.29) is 6.54 Å². The lowest BCUT2D eigenvalue weighted by atomic mass is 10.4. The Kier molecular flexibility index (Phi) is 4.85. The molecule has 34 valence electrons. The van der Waals surface area contributed by atoms with Crippen LogP contribution in [0.25, 0.3) is 0 Å². The van der Waals surface area contributed by atoms with Crippen molar-refractivity contribution >= 4 is 0 Å². The standard InChI is InChI=1S/C4H9N2/c1-6-4-2-3-5/h2-4H2,1H3/q+1. The summed E-state index contributed by atoms with van der Waals surface area (Å²) in [5.74, 6) is 0. The number of hydrogen-bond donors (Lipinski definition) is 0. The monoisotopic (exact) mass is 85.1 g/mol. The lowest BCUT2D eigenvalue weighted by Gasteiger charge is -1.73. The van der Waals surface area contributed by atoms with Crippen LogP contribution in [0.3, 0.4) is 0 Å². The van der Waals surface area contributed by atoms with Crippen LogP contribution in [0.1, 0.15) is 6.42 Å². The summed E-state index contributed by atoms with van der Waals surface area (Å²) < 4.78 is 0. The van der Waals surface area contributed by atoms with Crippen LogP contribution in [0.2, 0.25) is 0 Å². The fraction of sp³-hybridized carbons (Fsp3) is 1.00. The van der Waals surface area contributed by atoms with E-state index in [1.54, 1.807) is 7.05 Å². The van der Waals surface area contributed by atoms with Gasteiger partial charge in [0.2, 0.25) is 0 Å². The minimum atomic E-state index is 0.261. The van der Waals surface area contributed by atoms with Gasteiger partial charge in [0.1, 0.15) is 0 Å². The van der Waals surface area contributed by atoms with Gasteiger partial charge in [-0.15, -0.1) is 5.73 Å². The highest BCUT2D eigenvalue weighted by Crippen LogP contribution is 1.66. The molecule has 0 rings (SSSR count). The second-order valence-corrected chi connectivity index (χ2v) is 1.12. The third kappa shape index (κ3) is 3.92. The molecule has 0 bridgehead atoms. The lowest BCUT2D eigenvalue weighted by Crippen LogP contribution is -2.01. The van der Waals surface area contributed by atoms with Crippen molar-refractivity contribution in [2.75, 3.05) is 20.1 Å². The fourth-order valence-electron chi connectivity index (χ4n) is 0.229. The van der Waals surface area contributed by atoms with E-state index >= 15 is 0 Å². The van der Waals surface area contributed by atoms with Gasteiger partial charge >= 0.3 is 0 Å². The van der Waals surface area contributed by atoms with E-state index in [2.05, 4.69) is 5.32 Å². The van der Waals surface area contributed by atoms with Crippen LogP contribution in [-0.2, 0) is 0 Å². The molecule has 0 spiro atoms. The Morgan fingerprint density at radius 2 is 2.33 bits per heavy atom. The van der Waals surface area contributed by atoms with Gasteiger partial charge < -0.3 is 0 Å². The Hall–Kier alpha value is -0.0800. The molecule has 0 aromatic heterocycles. The van der Waals surface area contributed by atoms with Crippen molar-refractivity contribution in [1.82, 2.24) is 11.1 Å². The van der Waals surface area contributed by atoms with Gasteiger partial charge in [0.25, 0.3) is 0 Å². The maximum atomic E-state index is 8.14. The fourth-order valence-corrected chi connectivity index (χ4v) is 0.229. The molecular weight excluding hydrogens is 76.1 g/mol. The van der Waals surface area contributed by atoms with Gasteiger partial charge in [0.15, 0.2) is 13.6 Å². The maximum Gasteiger partial charge on any atom is 0.184 e. The topological polar surface area (TPSA) is 36.4 Å². The van der Waals surface area contributed by atoms with Crippen molar-refractivity contribution in [1.29, 1.82) is 0 Å². The summed E-state index contributed by atoms with van der Waals surface area (Å²) in [5, 5.41) is 3.77. The summed E-state index contributed by atoms with van der Waals surface area (Å²) in [6, 6.07) is 0. The van der Waals surface area contributed by atoms with Crippen molar-refractivity contribution < 1.29 is 0 Å². The van der Waals surface area contributed by atoms with E-state index in [9.17, 15) is 0 Å². The Morgan fingerprint density at radius 1 is 1.67 bits per heavy atom. The average molecular weight is 85.1 g/mol. The van der Waals surface area contributed by atoms with E-state index < -0.39 is 0 Å². The molecule has 0 aliphatic rings. The summed E-state index contributed by atoms with van der Waals surface area (Å²) in [7, 11) is 1.75. The predicted molar refractivity (Wildman–Crippen MR) is 24.5 cm³/mol. The number of rotatable bonds is 3. The van der Waals surface area contributed by atoms with E-state index in [1.807, 2.05) is 0 Å². The zero-order valence-corrected chi connectivity index (χ0v) is 4.02. The maximum absolute atomic E-state index is 8.14. The highest BCUT2D eigenvalue weighted by Gasteiger charge is 1.89. The summed E-state index contributed by atoms with van der Waals surface area (Å²) in [4.78, 5) is 0. The van der Waals surface area contributed by atoms with Gasteiger partial charge in [-0.05, 0) is 0 Å². The molecule has 4 radical (unpaired) electrons. The van der Waals surface area contributed by atoms with Crippen LogP contribution in [0, 0.1) is 0 Å². The summed E-state index contributed by atoms with van der Waals surface area (Å²) in [6.07, 6.45) is 0.802. The highest BCUT2D eigenvalue weighted by atomic mass is 14.8. The largest absolute Gasteiger partial charge is 0.184 e. The van der Waals surface area contributed by atoms with Crippen LogP contribution in [0.4, 0.5) is 0 Å². The Bertz CT molecular complexity index is 17.5. The highest BCUT2D eigenvalue weighted by molar-refractivity contribution is 4.37. The molecule has 0 saturated heterocycles. The molecule has 6 heavy (non-hydrogen) atoms. The molecule has 0 unspecified atom stereocenters. The predicted octanol–water partition coefficient (Wildman–Crippen LogP) is -0.321. The van der Waals surface area contributed by atoms with Gasteiger partial charge in [-0.2, -0.15) is 0 Å². The van der Waals surface area contributed by atoms with E-state index in [4.69, 9.17) is 5.73 Å². The van der Waals surface area contributed by atoms with Crippen LogP contribution in [0.15, 0.2) is 0 Å². The molecule has 0 heterocycles. The molecule has 0 saturated carbocycles. The Labute approximate surface area is 38.7 Å². The molecule has 0 N–H and O–H groups in total. The Morgan fingerprint density at radius 3 is 2.50 bits per heavy atom. The van der Waals surface area contributed by atoms with Crippen molar-refractivity contribution in [3.63, 3.8) is 0 Å². The van der Waals surface area contributed by atoms with Gasteiger partial charge in [0, 0.05) is 13.0 Å². The SMILES string of the molecule is C[N+]CCC[N]. The molecule has 0 amide bonds. The molecule has 0 fully saturated rings. The zero-order valence-electron chi connectivity index (χ0n) is 4.02. The van der Waals surface area contributed by atoms with Gasteiger partial charge in [0.05, 0.1) is 5.32 Å². The molecule has 0 aromatic carbocycles. The molecular formula is C4H9N2+. The lowest BCUT2D eigenvalue weighted by molar-refractivity contribution is 0.715. The molecule has 0 aliphatic heterocycles. The minimum absolute atomic E-state index is 0.261. The summed E-state index contributed by atoms with van der Waals surface area (Å²) in [5.41, 5.74) is 8.14. The van der Waals surface area contributed by atoms with Gasteiger partial charge in [-0.1, -0.05) is 0 Å². The van der Waals surface area contributed by atoms with Crippen LogP contribution >= 0.6 is 0 Å². The molecule has 0 aliphatic carbocycles. The van der Waals surface area contributed by atoms with Crippen molar-refractivity contribution in [2.45, 2.75) is 6.42 Å². The number of hydrogen-bond acceptors (Lipinski definition) is 0. The smallest absolute Gasteiger partial charge is 0.145 e. The first kappa shape index (κ1) is 5.92. The second-order valence-electron chi connectivity index (χ2n) is 1.12. The second kappa shape index (κ2) is 4.92. The van der Waals surface area contributed by atoms with E-state index in [0.717, 1.165) is 13.0 Å². The first-order valence-corrected chi connectivity index (χ1v) is 2.08. The molecule has 0 atom stereocenters. The van der Waals surface area contributed by atoms with Crippen molar-refractivity contribution in [3.05, 3.63) is 0 Å². The quantitative estimate of drug-likeness (QED) is 0.421. The van der Waals surface area contributed by atoms with Crippen molar-refractivity contribution in [3.8, 4) is 0 Å². The van der Waals surface area contributed by atoms with Gasteiger partial charge in [-0.25, -0.2) is 0 Å². The third-order valence-electron chi connectivity index (χ3n) is 0.540. The van der Waals surface area contributed by atoms with Gasteiger partial charge in [-0.3, -0.25) is 0 Å². The normalized spacial score (nSPS) is 9.00. The average Bonchev–Trinajstić information content (AvgIpc) is 1.61. The third-order valence-corrected chi connectivity index (χ3v) is 0.540. The zero-order chi connectivity index (χ0) is 4.83. The van der Waals surface area contributed by atoms with Crippen molar-refractivity contribution in [2.24, 2.45) is 0 Å². The van der Waals surface area contributed by atoms with Crippen LogP contribution in [-0.4, -0.2) is 20.1 Å². The summed E-state index contributed by atoms with van der Waals surface area (Å²) >= 11 is 0. The summed E-state index contributed by atoms with van der Waals surface area (Å²) in [6.45, 7) is 1.05. The van der Waals surface area contributed by atoms with Crippen LogP contribution < -0.4 is 11.1 Å². The van der Waals surface area contributed by atoms with Crippen LogP contribution in [0.5, 0.6) is 0 Å². The minimum Gasteiger partial charge on any atom is -0.145 e. The first-order valence-electron chi connectivity index (χ1n) is 2.08. The molecule has 2 heteroatoms. The molecule has 0 aromatic rings.